The number of hydrogen-bond acceptors (Lipinski definition) is 5. The third kappa shape index (κ3) is 6.76. The van der Waals surface area contributed by atoms with Gasteiger partial charge in [0.15, 0.2) is 15.9 Å². The highest BCUT2D eigenvalue weighted by Crippen LogP contribution is 2.47. The average molecular weight is 557 g/mol. The largest absolute Gasteiger partial charge is 0.439 e. The van der Waals surface area contributed by atoms with Crippen molar-refractivity contribution in [3.63, 3.8) is 0 Å². The summed E-state index contributed by atoms with van der Waals surface area (Å²) in [4.78, 5) is 16.3. The molecule has 10 heteroatoms. The summed E-state index contributed by atoms with van der Waals surface area (Å²) >= 11 is 3.39. The maximum Gasteiger partial charge on any atom is 0.405 e. The smallest absolute Gasteiger partial charge is 0.405 e. The van der Waals surface area contributed by atoms with Crippen molar-refractivity contribution in [1.82, 2.24) is 4.98 Å². The summed E-state index contributed by atoms with van der Waals surface area (Å²) in [6.07, 6.45) is -1.15. The maximum atomic E-state index is 14.1. The number of halogens is 3. The van der Waals surface area contributed by atoms with Crippen molar-refractivity contribution in [3.8, 4) is 11.8 Å². The number of nitrogens with zero attached hydrogens (tertiary/aromatic N) is 1. The first-order valence-corrected chi connectivity index (χ1v) is 12.9. The first-order valence-electron chi connectivity index (χ1n) is 10.2. The SMILES string of the molecule is CC(C)(C)C(c1cc(F)cc(F)c1)[C@H](OC(N)=O)c1nc(C#CC(C)(C)S(C)(=O)=O)ccc1Br. The lowest BCUT2D eigenvalue weighted by Gasteiger charge is -2.36. The van der Waals surface area contributed by atoms with Crippen molar-refractivity contribution in [2.24, 2.45) is 11.1 Å². The predicted molar refractivity (Wildman–Crippen MR) is 130 cm³/mol. The molecule has 2 atom stereocenters. The van der Waals surface area contributed by atoms with Crippen molar-refractivity contribution in [3.05, 3.63) is 63.4 Å². The van der Waals surface area contributed by atoms with Crippen LogP contribution in [0.4, 0.5) is 13.6 Å². The minimum Gasteiger partial charge on any atom is -0.439 e. The Morgan fingerprint density at radius 3 is 2.15 bits per heavy atom. The second-order valence-electron chi connectivity index (χ2n) is 9.50. The fourth-order valence-corrected chi connectivity index (χ4v) is 4.01. The zero-order valence-electron chi connectivity index (χ0n) is 19.7. The first kappa shape index (κ1) is 27.7. The number of hydrogen-bond donors (Lipinski definition) is 1. The minimum absolute atomic E-state index is 0.214. The van der Waals surface area contributed by atoms with Crippen LogP contribution >= 0.6 is 15.9 Å². The Morgan fingerprint density at radius 2 is 1.68 bits per heavy atom. The molecular formula is C24H27BrF2N2O4S. The van der Waals surface area contributed by atoms with Gasteiger partial charge in [-0.1, -0.05) is 26.7 Å². The number of sulfone groups is 1. The standard InChI is InChI=1S/C24H27BrF2N2O4S/c1-23(2,3)19(14-11-15(26)13-16(27)12-14)21(33-22(28)30)20-18(25)8-7-17(29-20)9-10-24(4,5)34(6,31)32/h7-8,11-13,19,21H,1-6H3,(H2,28,30)/t19?,21-/m0/s1. The van der Waals surface area contributed by atoms with Crippen LogP contribution in [0.5, 0.6) is 0 Å². The highest BCUT2D eigenvalue weighted by atomic mass is 79.9. The summed E-state index contributed by atoms with van der Waals surface area (Å²) in [6.45, 7) is 8.42. The molecule has 0 radical (unpaired) electrons. The Morgan fingerprint density at radius 1 is 1.12 bits per heavy atom. The van der Waals surface area contributed by atoms with Gasteiger partial charge in [-0.05, 0) is 70.9 Å². The third-order valence-electron chi connectivity index (χ3n) is 5.28. The Labute approximate surface area is 207 Å². The Hall–Kier alpha value is -2.51. The number of primary amides is 1. The Kier molecular flexibility index (Phi) is 8.16. The fraction of sp³-hybridized carbons (Fsp3) is 0.417. The number of rotatable bonds is 5. The van der Waals surface area contributed by atoms with E-state index in [4.69, 9.17) is 10.5 Å². The lowest BCUT2D eigenvalue weighted by atomic mass is 9.72. The van der Waals surface area contributed by atoms with Crippen molar-refractivity contribution in [1.29, 1.82) is 0 Å². The zero-order chi connectivity index (χ0) is 26.1. The fourth-order valence-electron chi connectivity index (χ4n) is 3.32. The maximum absolute atomic E-state index is 14.1. The van der Waals surface area contributed by atoms with Gasteiger partial charge < -0.3 is 10.5 Å². The van der Waals surface area contributed by atoms with Gasteiger partial charge in [0.05, 0.1) is 5.69 Å². The molecule has 1 aromatic carbocycles. The lowest BCUT2D eigenvalue weighted by molar-refractivity contribution is 0.0546. The van der Waals surface area contributed by atoms with E-state index >= 15 is 0 Å². The normalized spacial score (nSPS) is 14.0. The van der Waals surface area contributed by atoms with Gasteiger partial charge in [-0.3, -0.25) is 0 Å². The van der Waals surface area contributed by atoms with Crippen LogP contribution in [-0.4, -0.2) is 30.5 Å². The van der Waals surface area contributed by atoms with Gasteiger partial charge in [0.1, 0.15) is 22.1 Å². The van der Waals surface area contributed by atoms with E-state index in [0.29, 0.717) is 4.47 Å². The van der Waals surface area contributed by atoms with Gasteiger partial charge in [-0.25, -0.2) is 27.0 Å². The van der Waals surface area contributed by atoms with Gasteiger partial charge in [0.25, 0.3) is 0 Å². The Bertz CT molecular complexity index is 1240. The first-order chi connectivity index (χ1) is 15.4. The molecular weight excluding hydrogens is 530 g/mol. The molecule has 0 bridgehead atoms. The predicted octanol–water partition coefficient (Wildman–Crippen LogP) is 5.26. The summed E-state index contributed by atoms with van der Waals surface area (Å²) < 4.78 is 56.7. The second-order valence-corrected chi connectivity index (χ2v) is 12.9. The quantitative estimate of drug-likeness (QED) is 0.506. The molecule has 34 heavy (non-hydrogen) atoms. The molecule has 1 unspecified atom stereocenters. The molecule has 0 spiro atoms. The van der Waals surface area contributed by atoms with E-state index in [0.717, 1.165) is 12.3 Å². The number of benzene rings is 1. The van der Waals surface area contributed by atoms with E-state index in [1.165, 1.54) is 26.0 Å². The van der Waals surface area contributed by atoms with Crippen LogP contribution in [0.3, 0.4) is 0 Å². The van der Waals surface area contributed by atoms with E-state index < -0.39 is 49.7 Å². The molecule has 0 saturated carbocycles. The van der Waals surface area contributed by atoms with Crippen LogP contribution in [0, 0.1) is 28.9 Å². The molecule has 1 aromatic heterocycles. The summed E-state index contributed by atoms with van der Waals surface area (Å²) in [5.74, 6) is 3.13. The number of carbonyl (C=O) groups is 1. The average Bonchev–Trinajstić information content (AvgIpc) is 2.63. The summed E-state index contributed by atoms with van der Waals surface area (Å²) in [5.41, 5.74) is 5.37. The summed E-state index contributed by atoms with van der Waals surface area (Å²) in [5, 5.41) is 0. The molecule has 1 heterocycles. The molecule has 1 amide bonds. The second kappa shape index (κ2) is 10.0. The number of ether oxygens (including phenoxy) is 1. The highest BCUT2D eigenvalue weighted by molar-refractivity contribution is 9.10. The zero-order valence-corrected chi connectivity index (χ0v) is 22.1. The Balaban J connectivity index is 2.73. The van der Waals surface area contributed by atoms with Crippen molar-refractivity contribution >= 4 is 31.9 Å². The van der Waals surface area contributed by atoms with Crippen molar-refractivity contribution < 1.29 is 26.7 Å². The number of amides is 1. The van der Waals surface area contributed by atoms with Gasteiger partial charge in [0, 0.05) is 22.7 Å². The van der Waals surface area contributed by atoms with Gasteiger partial charge in [-0.15, -0.1) is 0 Å². The van der Waals surface area contributed by atoms with E-state index in [9.17, 15) is 22.0 Å². The molecule has 0 aliphatic carbocycles. The summed E-state index contributed by atoms with van der Waals surface area (Å²) in [7, 11) is -3.47. The number of nitrogens with two attached hydrogens (primary N) is 1. The number of aromatic nitrogens is 1. The third-order valence-corrected chi connectivity index (χ3v) is 7.91. The van der Waals surface area contributed by atoms with E-state index in [1.54, 1.807) is 12.1 Å². The highest BCUT2D eigenvalue weighted by Gasteiger charge is 2.39. The summed E-state index contributed by atoms with van der Waals surface area (Å²) in [6, 6.07) is 6.27. The molecule has 0 saturated heterocycles. The molecule has 6 nitrogen and oxygen atoms in total. The van der Waals surface area contributed by atoms with Crippen molar-refractivity contribution in [2.75, 3.05) is 6.26 Å². The molecule has 0 aliphatic rings. The van der Waals surface area contributed by atoms with Crippen LogP contribution < -0.4 is 5.73 Å². The van der Waals surface area contributed by atoms with Gasteiger partial charge >= 0.3 is 6.09 Å². The van der Waals surface area contributed by atoms with Crippen molar-refractivity contribution in [2.45, 2.75) is 51.4 Å². The molecule has 0 fully saturated rings. The van der Waals surface area contributed by atoms with Gasteiger partial charge in [0.2, 0.25) is 0 Å². The van der Waals surface area contributed by atoms with Gasteiger partial charge in [-0.2, -0.15) is 0 Å². The van der Waals surface area contributed by atoms with Crippen LogP contribution in [0.2, 0.25) is 0 Å². The van der Waals surface area contributed by atoms with E-state index in [1.807, 2.05) is 20.8 Å². The van der Waals surface area contributed by atoms with Crippen LogP contribution in [-0.2, 0) is 14.6 Å². The van der Waals surface area contributed by atoms with E-state index in [-0.39, 0.29) is 17.0 Å². The van der Waals surface area contributed by atoms with E-state index in [2.05, 4.69) is 32.8 Å². The monoisotopic (exact) mass is 556 g/mol. The minimum atomic E-state index is -3.47. The molecule has 2 N–H and O–H groups in total. The lowest BCUT2D eigenvalue weighted by Crippen LogP contribution is -2.31. The van der Waals surface area contributed by atoms with Crippen LogP contribution in [0.1, 0.15) is 63.6 Å². The molecule has 0 aliphatic heterocycles. The van der Waals surface area contributed by atoms with Crippen LogP contribution in [0.15, 0.2) is 34.8 Å². The molecule has 2 aromatic rings. The number of pyridine rings is 1. The number of carbonyl (C=O) groups excluding carboxylic acids is 1. The topological polar surface area (TPSA) is 99.3 Å². The molecule has 2 rings (SSSR count). The molecule has 184 valence electrons. The van der Waals surface area contributed by atoms with Crippen LogP contribution in [0.25, 0.3) is 0 Å².